The number of halogens is 3. The third-order valence-corrected chi connectivity index (χ3v) is 2.98. The van der Waals surface area contributed by atoms with Crippen molar-refractivity contribution >= 4 is 17.8 Å². The number of oxime groups is 1. The van der Waals surface area contributed by atoms with Gasteiger partial charge in [-0.2, -0.15) is 13.2 Å². The van der Waals surface area contributed by atoms with Gasteiger partial charge in [-0.3, -0.25) is 4.98 Å². The second kappa shape index (κ2) is 7.54. The lowest BCUT2D eigenvalue weighted by Gasteiger charge is -2.06. The van der Waals surface area contributed by atoms with Crippen LogP contribution in [-0.2, 0) is 15.8 Å². The normalized spacial score (nSPS) is 12.4. The quantitative estimate of drug-likeness (QED) is 0.366. The van der Waals surface area contributed by atoms with Crippen LogP contribution in [0.4, 0.5) is 13.2 Å². The molecule has 0 unspecified atom stereocenters. The Morgan fingerprint density at radius 2 is 2.04 bits per heavy atom. The van der Waals surface area contributed by atoms with E-state index in [1.165, 1.54) is 18.2 Å². The monoisotopic (exact) mass is 334 g/mol. The van der Waals surface area contributed by atoms with Crippen LogP contribution in [0.25, 0.3) is 6.08 Å². The van der Waals surface area contributed by atoms with Gasteiger partial charge in [0.1, 0.15) is 0 Å². The lowest BCUT2D eigenvalue weighted by Crippen LogP contribution is -2.04. The molecule has 0 N–H and O–H groups in total. The summed E-state index contributed by atoms with van der Waals surface area (Å²) in [6.45, 7) is 1.64. The molecular formula is C17H13F3N2O2. The predicted molar refractivity (Wildman–Crippen MR) is 83.0 cm³/mol. The summed E-state index contributed by atoms with van der Waals surface area (Å²) in [4.78, 5) is 20.2. The van der Waals surface area contributed by atoms with Crippen LogP contribution in [0.15, 0.2) is 60.0 Å². The molecule has 124 valence electrons. The van der Waals surface area contributed by atoms with Gasteiger partial charge in [0.2, 0.25) is 0 Å². The molecule has 0 saturated heterocycles. The fraction of sp³-hybridized carbons (Fsp3) is 0.118. The highest BCUT2D eigenvalue weighted by Crippen LogP contribution is 2.29. The molecule has 1 aromatic carbocycles. The SMILES string of the molecule is CC(=NOC(=O)C=Cc1cccc(C(F)(F)F)c1)c1cccnc1. The zero-order valence-corrected chi connectivity index (χ0v) is 12.6. The van der Waals surface area contributed by atoms with Gasteiger partial charge in [-0.25, -0.2) is 4.79 Å². The van der Waals surface area contributed by atoms with E-state index >= 15 is 0 Å². The Balaban J connectivity index is 2.01. The van der Waals surface area contributed by atoms with E-state index in [4.69, 9.17) is 0 Å². The van der Waals surface area contributed by atoms with E-state index in [-0.39, 0.29) is 5.56 Å². The Kier molecular flexibility index (Phi) is 5.47. The number of hydrogen-bond acceptors (Lipinski definition) is 4. The number of benzene rings is 1. The van der Waals surface area contributed by atoms with Gasteiger partial charge in [-0.1, -0.05) is 17.3 Å². The van der Waals surface area contributed by atoms with Crippen molar-refractivity contribution < 1.29 is 22.8 Å². The summed E-state index contributed by atoms with van der Waals surface area (Å²) in [6.07, 6.45) is 0.962. The maximum atomic E-state index is 12.6. The van der Waals surface area contributed by atoms with Crippen LogP contribution in [0, 0.1) is 0 Å². The molecule has 2 aromatic rings. The summed E-state index contributed by atoms with van der Waals surface area (Å²) >= 11 is 0. The molecule has 0 atom stereocenters. The van der Waals surface area contributed by atoms with Crippen LogP contribution in [0.2, 0.25) is 0 Å². The highest BCUT2D eigenvalue weighted by molar-refractivity contribution is 5.98. The third-order valence-electron chi connectivity index (χ3n) is 2.98. The largest absolute Gasteiger partial charge is 0.416 e. The summed E-state index contributed by atoms with van der Waals surface area (Å²) in [5, 5.41) is 3.66. The molecule has 0 aliphatic heterocycles. The van der Waals surface area contributed by atoms with E-state index in [9.17, 15) is 18.0 Å². The first-order chi connectivity index (χ1) is 11.4. The fourth-order valence-corrected chi connectivity index (χ4v) is 1.76. The number of hydrogen-bond donors (Lipinski definition) is 0. The van der Waals surface area contributed by atoms with Crippen molar-refractivity contribution in [1.82, 2.24) is 4.98 Å². The number of aromatic nitrogens is 1. The fourth-order valence-electron chi connectivity index (χ4n) is 1.76. The molecule has 1 aromatic heterocycles. The number of alkyl halides is 3. The summed E-state index contributed by atoms with van der Waals surface area (Å²) < 4.78 is 37.8. The van der Waals surface area contributed by atoms with E-state index < -0.39 is 17.7 Å². The third kappa shape index (κ3) is 5.05. The minimum atomic E-state index is -4.44. The van der Waals surface area contributed by atoms with E-state index in [2.05, 4.69) is 15.0 Å². The van der Waals surface area contributed by atoms with Crippen LogP contribution in [0.3, 0.4) is 0 Å². The standard InChI is InChI=1S/C17H13F3N2O2/c1-12(14-5-3-9-21-11-14)22-24-16(23)8-7-13-4-2-6-15(10-13)17(18,19)20/h2-11H,1H3. The minimum absolute atomic E-state index is 0.231. The van der Waals surface area contributed by atoms with Crippen LogP contribution < -0.4 is 0 Å². The number of rotatable bonds is 4. The summed E-state index contributed by atoms with van der Waals surface area (Å²) in [5.41, 5.74) is 0.578. The van der Waals surface area contributed by atoms with Crippen LogP contribution in [-0.4, -0.2) is 16.7 Å². The van der Waals surface area contributed by atoms with Crippen molar-refractivity contribution in [3.63, 3.8) is 0 Å². The molecule has 0 aliphatic carbocycles. The number of pyridine rings is 1. The Bertz CT molecular complexity index is 769. The molecule has 0 spiro atoms. The molecule has 0 amide bonds. The van der Waals surface area contributed by atoms with Crippen molar-refractivity contribution in [2.45, 2.75) is 13.1 Å². The van der Waals surface area contributed by atoms with Crippen LogP contribution in [0.1, 0.15) is 23.6 Å². The second-order valence-corrected chi connectivity index (χ2v) is 4.79. The highest BCUT2D eigenvalue weighted by atomic mass is 19.4. The zero-order chi connectivity index (χ0) is 17.6. The summed E-state index contributed by atoms with van der Waals surface area (Å²) in [5.74, 6) is -0.796. The maximum Gasteiger partial charge on any atom is 0.416 e. The second-order valence-electron chi connectivity index (χ2n) is 4.79. The summed E-state index contributed by atoms with van der Waals surface area (Å²) in [6, 6.07) is 8.06. The molecule has 0 aliphatic rings. The number of carbonyl (C=O) groups is 1. The molecule has 7 heteroatoms. The maximum absolute atomic E-state index is 12.6. The Hall–Kier alpha value is -2.96. The van der Waals surface area contributed by atoms with Crippen molar-refractivity contribution in [3.8, 4) is 0 Å². The zero-order valence-electron chi connectivity index (χ0n) is 12.6. The van der Waals surface area contributed by atoms with Crippen molar-refractivity contribution in [1.29, 1.82) is 0 Å². The van der Waals surface area contributed by atoms with Crippen molar-refractivity contribution in [2.75, 3.05) is 0 Å². The first-order valence-electron chi connectivity index (χ1n) is 6.87. The topological polar surface area (TPSA) is 51.5 Å². The van der Waals surface area contributed by atoms with Gasteiger partial charge in [0.15, 0.2) is 0 Å². The van der Waals surface area contributed by atoms with E-state index in [0.29, 0.717) is 11.3 Å². The molecule has 4 nitrogen and oxygen atoms in total. The van der Waals surface area contributed by atoms with Crippen LogP contribution >= 0.6 is 0 Å². The van der Waals surface area contributed by atoms with E-state index in [1.54, 1.807) is 31.5 Å². The smallest absolute Gasteiger partial charge is 0.313 e. The molecule has 0 fully saturated rings. The Labute approximate surface area is 136 Å². The Morgan fingerprint density at radius 3 is 2.71 bits per heavy atom. The molecule has 0 saturated carbocycles. The number of nitrogens with zero attached hydrogens (tertiary/aromatic N) is 2. The van der Waals surface area contributed by atoms with Gasteiger partial charge in [0.25, 0.3) is 0 Å². The first kappa shape index (κ1) is 17.4. The lowest BCUT2D eigenvalue weighted by molar-refractivity contribution is -0.138. The average Bonchev–Trinajstić information content (AvgIpc) is 2.58. The van der Waals surface area contributed by atoms with Gasteiger partial charge in [0.05, 0.1) is 11.3 Å². The minimum Gasteiger partial charge on any atom is -0.313 e. The van der Waals surface area contributed by atoms with Gasteiger partial charge < -0.3 is 4.84 Å². The van der Waals surface area contributed by atoms with Gasteiger partial charge in [0, 0.05) is 24.0 Å². The summed E-state index contributed by atoms with van der Waals surface area (Å²) in [7, 11) is 0. The van der Waals surface area contributed by atoms with E-state index in [1.807, 2.05) is 0 Å². The first-order valence-corrected chi connectivity index (χ1v) is 6.87. The van der Waals surface area contributed by atoms with Gasteiger partial charge in [-0.15, -0.1) is 0 Å². The molecule has 0 radical (unpaired) electrons. The molecular weight excluding hydrogens is 321 g/mol. The van der Waals surface area contributed by atoms with Gasteiger partial charge in [-0.05, 0) is 42.8 Å². The highest BCUT2D eigenvalue weighted by Gasteiger charge is 2.30. The van der Waals surface area contributed by atoms with Crippen molar-refractivity contribution in [2.24, 2.45) is 5.16 Å². The van der Waals surface area contributed by atoms with Crippen molar-refractivity contribution in [3.05, 3.63) is 71.6 Å². The predicted octanol–water partition coefficient (Wildman–Crippen LogP) is 4.08. The number of carbonyl (C=O) groups excluding carboxylic acids is 1. The molecule has 24 heavy (non-hydrogen) atoms. The Morgan fingerprint density at radius 1 is 1.25 bits per heavy atom. The van der Waals surface area contributed by atoms with E-state index in [0.717, 1.165) is 18.2 Å². The van der Waals surface area contributed by atoms with Crippen LogP contribution in [0.5, 0.6) is 0 Å². The molecule has 2 rings (SSSR count). The average molecular weight is 334 g/mol. The van der Waals surface area contributed by atoms with Gasteiger partial charge >= 0.3 is 12.1 Å². The molecule has 1 heterocycles. The molecule has 0 bridgehead atoms. The lowest BCUT2D eigenvalue weighted by atomic mass is 10.1.